The lowest BCUT2D eigenvalue weighted by Gasteiger charge is -2.05. The molecule has 1 N–H and O–H groups in total. The maximum Gasteiger partial charge on any atom is 0.238 e. The average molecular weight is 415 g/mol. The monoisotopic (exact) mass is 415 g/mol. The molecule has 0 aliphatic rings. The summed E-state index contributed by atoms with van der Waals surface area (Å²) in [6.45, 7) is 4.09. The normalized spacial score (nSPS) is 11.3. The van der Waals surface area contributed by atoms with Crippen molar-refractivity contribution in [2.75, 3.05) is 0 Å². The minimum atomic E-state index is 0.309. The highest BCUT2D eigenvalue weighted by Crippen LogP contribution is 2.42. The topological polar surface area (TPSA) is 65.1 Å². The lowest BCUT2D eigenvalue weighted by atomic mass is 9.97. The molecule has 32 heavy (non-hydrogen) atoms. The highest BCUT2D eigenvalue weighted by molar-refractivity contribution is 6.00. The Labute approximate surface area is 186 Å². The average Bonchev–Trinajstić information content (AvgIpc) is 3.40. The molecule has 0 aliphatic carbocycles. The molecule has 3 aromatic carbocycles. The van der Waals surface area contributed by atoms with Gasteiger partial charge in [0.2, 0.25) is 5.88 Å². The summed E-state index contributed by atoms with van der Waals surface area (Å²) in [5, 5.41) is 11.1. The molecule has 0 aliphatic heterocycles. The number of rotatable bonds is 4. The molecular formula is C28H21N3O. The summed E-state index contributed by atoms with van der Waals surface area (Å²) in [6.07, 6.45) is 3.65. The third kappa shape index (κ3) is 3.51. The van der Waals surface area contributed by atoms with Crippen LogP contribution in [0.3, 0.4) is 0 Å². The first-order chi connectivity index (χ1) is 15.6. The Morgan fingerprint density at radius 1 is 0.875 bits per heavy atom. The van der Waals surface area contributed by atoms with Gasteiger partial charge in [0.25, 0.3) is 0 Å². The summed E-state index contributed by atoms with van der Waals surface area (Å²) in [6, 6.07) is 26.6. The zero-order chi connectivity index (χ0) is 22.1. The summed E-state index contributed by atoms with van der Waals surface area (Å²) in [5.41, 5.74) is 7.34. The van der Waals surface area contributed by atoms with Gasteiger partial charge in [-0.1, -0.05) is 77.9 Å². The highest BCUT2D eigenvalue weighted by Gasteiger charge is 2.22. The van der Waals surface area contributed by atoms with Gasteiger partial charge in [-0.05, 0) is 25.5 Å². The molecule has 0 bridgehead atoms. The number of furan rings is 1. The first-order valence-corrected chi connectivity index (χ1v) is 10.4. The van der Waals surface area contributed by atoms with Crippen molar-refractivity contribution in [3.8, 4) is 28.5 Å². The van der Waals surface area contributed by atoms with Crippen molar-refractivity contribution in [3.63, 3.8) is 0 Å². The summed E-state index contributed by atoms with van der Waals surface area (Å²) in [7, 11) is 0. The van der Waals surface area contributed by atoms with Gasteiger partial charge >= 0.3 is 0 Å². The molecule has 0 unspecified atom stereocenters. The Morgan fingerprint density at radius 3 is 2.22 bits per heavy atom. The lowest BCUT2D eigenvalue weighted by Crippen LogP contribution is -1.85. The van der Waals surface area contributed by atoms with Crippen molar-refractivity contribution in [2.45, 2.75) is 13.8 Å². The Morgan fingerprint density at radius 2 is 1.53 bits per heavy atom. The fourth-order valence-electron chi connectivity index (χ4n) is 3.85. The maximum absolute atomic E-state index is 10.1. The summed E-state index contributed by atoms with van der Waals surface area (Å²) in [5.74, 6) is 0.959. The number of nitrogens with one attached hydrogen (secondary N) is 1. The molecule has 0 radical (unpaired) electrons. The number of nitrogens with zero attached hydrogens (tertiary/aromatic N) is 2. The second kappa shape index (κ2) is 8.05. The van der Waals surface area contributed by atoms with Gasteiger partial charge in [-0.15, -0.1) is 0 Å². The quantitative estimate of drug-likeness (QED) is 0.312. The lowest BCUT2D eigenvalue weighted by molar-refractivity contribution is 0.593. The summed E-state index contributed by atoms with van der Waals surface area (Å²) in [4.78, 5) is 7.85. The van der Waals surface area contributed by atoms with Gasteiger partial charge in [-0.3, -0.25) is 0 Å². The molecule has 4 heteroatoms. The molecule has 0 amide bonds. The molecule has 154 valence electrons. The van der Waals surface area contributed by atoms with Crippen LogP contribution in [-0.2, 0) is 0 Å². The van der Waals surface area contributed by atoms with Crippen LogP contribution in [0.1, 0.15) is 22.3 Å². The number of benzene rings is 3. The van der Waals surface area contributed by atoms with Crippen molar-refractivity contribution in [3.05, 3.63) is 101 Å². The van der Waals surface area contributed by atoms with Crippen molar-refractivity contribution in [1.29, 1.82) is 5.26 Å². The summed E-state index contributed by atoms with van der Waals surface area (Å²) < 4.78 is 6.23. The van der Waals surface area contributed by atoms with E-state index < -0.39 is 0 Å². The van der Waals surface area contributed by atoms with E-state index in [9.17, 15) is 5.26 Å². The van der Waals surface area contributed by atoms with E-state index in [-0.39, 0.29) is 0 Å². The van der Waals surface area contributed by atoms with Crippen LogP contribution in [0.5, 0.6) is 0 Å². The second-order valence-electron chi connectivity index (χ2n) is 7.88. The minimum absolute atomic E-state index is 0.309. The Balaban J connectivity index is 1.68. The number of nitriles is 1. The third-order valence-electron chi connectivity index (χ3n) is 5.60. The van der Waals surface area contributed by atoms with E-state index in [4.69, 9.17) is 4.42 Å². The Hall–Kier alpha value is -4.36. The van der Waals surface area contributed by atoms with Crippen LogP contribution in [0.4, 0.5) is 5.88 Å². The van der Waals surface area contributed by atoms with Crippen LogP contribution < -0.4 is 0 Å². The van der Waals surface area contributed by atoms with E-state index in [1.807, 2.05) is 92.8 Å². The van der Waals surface area contributed by atoms with Gasteiger partial charge < -0.3 is 9.40 Å². The smallest absolute Gasteiger partial charge is 0.238 e. The molecule has 2 aromatic heterocycles. The molecule has 0 spiro atoms. The highest BCUT2D eigenvalue weighted by atomic mass is 16.4. The van der Waals surface area contributed by atoms with Crippen LogP contribution in [0.15, 0.2) is 88.4 Å². The number of aryl methyl sites for hydroxylation is 2. The standard InChI is InChI=1S/C28H21N3O/c1-18-7-11-20(12-8-18)26-24(15-29)28(32-27(26)21-13-9-19(2)10-14-21)31-17-22-16-30-25-6-4-3-5-23(22)25/h3-14,16-17,30H,1-2H3. The van der Waals surface area contributed by atoms with Crippen LogP contribution in [0.25, 0.3) is 33.4 Å². The van der Waals surface area contributed by atoms with Gasteiger partial charge in [-0.25, -0.2) is 4.99 Å². The van der Waals surface area contributed by atoms with Crippen LogP contribution >= 0.6 is 0 Å². The fraction of sp³-hybridized carbons (Fsp3) is 0.0714. The first-order valence-electron chi connectivity index (χ1n) is 10.4. The van der Waals surface area contributed by atoms with Gasteiger partial charge in [0.05, 0.1) is 0 Å². The van der Waals surface area contributed by atoms with E-state index in [0.717, 1.165) is 44.3 Å². The number of para-hydroxylation sites is 1. The number of aromatic amines is 1. The zero-order valence-electron chi connectivity index (χ0n) is 17.9. The maximum atomic E-state index is 10.1. The van der Waals surface area contributed by atoms with Crippen LogP contribution in [0, 0.1) is 25.2 Å². The van der Waals surface area contributed by atoms with E-state index in [1.165, 1.54) is 0 Å². The van der Waals surface area contributed by atoms with E-state index in [0.29, 0.717) is 17.2 Å². The number of hydrogen-bond donors (Lipinski definition) is 1. The van der Waals surface area contributed by atoms with Gasteiger partial charge in [0.15, 0.2) is 0 Å². The fourth-order valence-corrected chi connectivity index (χ4v) is 3.85. The number of aliphatic imine (C=N–C) groups is 1. The molecule has 5 aromatic rings. The van der Waals surface area contributed by atoms with Gasteiger partial charge in [-0.2, -0.15) is 5.26 Å². The molecular weight excluding hydrogens is 394 g/mol. The predicted octanol–water partition coefficient (Wildman–Crippen LogP) is 7.33. The van der Waals surface area contributed by atoms with E-state index in [2.05, 4.69) is 16.0 Å². The number of aromatic nitrogens is 1. The van der Waals surface area contributed by atoms with E-state index in [1.54, 1.807) is 6.21 Å². The van der Waals surface area contributed by atoms with Crippen LogP contribution in [0.2, 0.25) is 0 Å². The minimum Gasteiger partial charge on any atom is -0.436 e. The number of hydrogen-bond acceptors (Lipinski definition) is 3. The second-order valence-corrected chi connectivity index (χ2v) is 7.88. The zero-order valence-corrected chi connectivity index (χ0v) is 17.9. The van der Waals surface area contributed by atoms with Crippen molar-refractivity contribution in [2.24, 2.45) is 4.99 Å². The molecule has 0 saturated carbocycles. The molecule has 0 saturated heterocycles. The first kappa shape index (κ1) is 19.6. The largest absolute Gasteiger partial charge is 0.436 e. The van der Waals surface area contributed by atoms with Gasteiger partial charge in [0.1, 0.15) is 17.4 Å². The third-order valence-corrected chi connectivity index (χ3v) is 5.60. The Bertz CT molecular complexity index is 1480. The molecule has 0 atom stereocenters. The molecule has 2 heterocycles. The molecule has 4 nitrogen and oxygen atoms in total. The number of fused-ring (bicyclic) bond motifs is 1. The van der Waals surface area contributed by atoms with Crippen molar-refractivity contribution < 1.29 is 4.42 Å². The summed E-state index contributed by atoms with van der Waals surface area (Å²) >= 11 is 0. The predicted molar refractivity (Wildman–Crippen MR) is 129 cm³/mol. The number of H-pyrrole nitrogens is 1. The molecule has 0 fully saturated rings. The van der Waals surface area contributed by atoms with E-state index >= 15 is 0 Å². The SMILES string of the molecule is Cc1ccc(-c2oc(N=Cc3c[nH]c4ccccc34)c(C#N)c2-c2ccc(C)cc2)cc1. The van der Waals surface area contributed by atoms with Gasteiger partial charge in [0, 0.05) is 40.0 Å². The van der Waals surface area contributed by atoms with Crippen molar-refractivity contribution in [1.82, 2.24) is 4.98 Å². The van der Waals surface area contributed by atoms with Crippen LogP contribution in [-0.4, -0.2) is 11.2 Å². The van der Waals surface area contributed by atoms with Crippen molar-refractivity contribution >= 4 is 23.0 Å². The molecule has 5 rings (SSSR count). The Kier molecular flexibility index (Phi) is 4.93.